The van der Waals surface area contributed by atoms with Crippen LogP contribution in [0.25, 0.3) is 0 Å². The highest BCUT2D eigenvalue weighted by atomic mass is 35.5. The maximum absolute atomic E-state index is 12.9. The highest BCUT2D eigenvalue weighted by molar-refractivity contribution is 6.34. The molecule has 162 valence electrons. The first-order valence-electron chi connectivity index (χ1n) is 10.5. The molecule has 30 heavy (non-hydrogen) atoms. The van der Waals surface area contributed by atoms with Gasteiger partial charge in [-0.3, -0.25) is 9.59 Å². The number of carbonyl (C=O) groups is 3. The highest BCUT2D eigenvalue weighted by Crippen LogP contribution is 2.59. The van der Waals surface area contributed by atoms with Gasteiger partial charge >= 0.3 is 5.97 Å². The summed E-state index contributed by atoms with van der Waals surface area (Å²) < 4.78 is 0. The van der Waals surface area contributed by atoms with Crippen LogP contribution in [0.5, 0.6) is 0 Å². The number of rotatable bonds is 7. The van der Waals surface area contributed by atoms with Crippen LogP contribution in [0, 0.1) is 23.2 Å². The Morgan fingerprint density at radius 2 is 1.67 bits per heavy atom. The number of aliphatic hydroxyl groups excluding tert-OH is 1. The van der Waals surface area contributed by atoms with Gasteiger partial charge in [-0.2, -0.15) is 0 Å². The monoisotopic (exact) mass is 434 g/mol. The Labute approximate surface area is 180 Å². The van der Waals surface area contributed by atoms with Gasteiger partial charge in [0.1, 0.15) is 0 Å². The van der Waals surface area contributed by atoms with Crippen molar-refractivity contribution >= 4 is 29.4 Å². The topological polar surface area (TPSA) is 116 Å². The summed E-state index contributed by atoms with van der Waals surface area (Å²) in [7, 11) is 0. The van der Waals surface area contributed by atoms with Gasteiger partial charge in [-0.05, 0) is 79.9 Å². The Bertz CT molecular complexity index is 836. The maximum Gasteiger partial charge on any atom is 0.328 e. The lowest BCUT2D eigenvalue weighted by molar-refractivity contribution is -0.140. The van der Waals surface area contributed by atoms with Crippen molar-refractivity contribution in [3.05, 3.63) is 34.3 Å². The van der Waals surface area contributed by atoms with Crippen LogP contribution in [0.15, 0.2) is 18.2 Å². The third-order valence-corrected chi connectivity index (χ3v) is 7.38. The van der Waals surface area contributed by atoms with E-state index in [0.717, 1.165) is 17.8 Å². The molecule has 0 aliphatic heterocycles. The Kier molecular flexibility index (Phi) is 5.77. The van der Waals surface area contributed by atoms with E-state index in [1.807, 2.05) is 0 Å². The number of aliphatic hydroxyl groups is 1. The predicted molar refractivity (Wildman–Crippen MR) is 110 cm³/mol. The third kappa shape index (κ3) is 4.18. The fourth-order valence-electron chi connectivity index (χ4n) is 6.14. The molecule has 0 unspecified atom stereocenters. The summed E-state index contributed by atoms with van der Waals surface area (Å²) in [5.41, 5.74) is 0.478. The van der Waals surface area contributed by atoms with E-state index in [4.69, 9.17) is 21.8 Å². The van der Waals surface area contributed by atoms with Crippen LogP contribution in [-0.4, -0.2) is 47.2 Å². The molecule has 2 amide bonds. The summed E-state index contributed by atoms with van der Waals surface area (Å²) >= 11 is 6.21. The molecule has 1 aromatic rings. The van der Waals surface area contributed by atoms with E-state index >= 15 is 0 Å². The van der Waals surface area contributed by atoms with Crippen molar-refractivity contribution in [1.29, 1.82) is 0 Å². The van der Waals surface area contributed by atoms with Crippen molar-refractivity contribution in [1.82, 2.24) is 10.6 Å². The first-order chi connectivity index (χ1) is 14.3. The normalized spacial score (nSPS) is 30.0. The minimum Gasteiger partial charge on any atom is -0.480 e. The number of nitrogens with one attached hydrogen (secondary N) is 2. The number of aliphatic carboxylic acids is 1. The van der Waals surface area contributed by atoms with Gasteiger partial charge in [-0.25, -0.2) is 4.79 Å². The lowest BCUT2D eigenvalue weighted by atomic mass is 9.49. The van der Waals surface area contributed by atoms with Crippen LogP contribution < -0.4 is 10.6 Å². The molecule has 8 heteroatoms. The third-order valence-electron chi connectivity index (χ3n) is 7.05. The van der Waals surface area contributed by atoms with Crippen molar-refractivity contribution in [3.63, 3.8) is 0 Å². The van der Waals surface area contributed by atoms with E-state index in [0.29, 0.717) is 6.54 Å². The molecule has 7 nitrogen and oxygen atoms in total. The van der Waals surface area contributed by atoms with Gasteiger partial charge in [-0.15, -0.1) is 0 Å². The zero-order valence-electron chi connectivity index (χ0n) is 16.7. The molecule has 0 saturated heterocycles. The molecule has 4 aliphatic carbocycles. The van der Waals surface area contributed by atoms with Crippen molar-refractivity contribution in [2.75, 3.05) is 13.2 Å². The fourth-order valence-corrected chi connectivity index (χ4v) is 6.34. The van der Waals surface area contributed by atoms with E-state index in [2.05, 4.69) is 10.6 Å². The number of halogens is 1. The van der Waals surface area contributed by atoms with Crippen molar-refractivity contribution in [2.45, 2.75) is 44.6 Å². The van der Waals surface area contributed by atoms with Crippen LogP contribution in [-0.2, 0) is 4.79 Å². The Morgan fingerprint density at radius 3 is 2.20 bits per heavy atom. The van der Waals surface area contributed by atoms with Gasteiger partial charge < -0.3 is 20.8 Å². The molecular formula is C22H27ClN2O5. The van der Waals surface area contributed by atoms with Crippen molar-refractivity contribution in [2.24, 2.45) is 23.2 Å². The summed E-state index contributed by atoms with van der Waals surface area (Å²) in [6.45, 7) is -0.110. The zero-order chi connectivity index (χ0) is 21.5. The first-order valence-corrected chi connectivity index (χ1v) is 10.9. The van der Waals surface area contributed by atoms with Crippen LogP contribution in [0.1, 0.15) is 59.2 Å². The summed E-state index contributed by atoms with van der Waals surface area (Å²) in [6.07, 6.45) is 7.53. The Morgan fingerprint density at radius 1 is 1.07 bits per heavy atom. The SMILES string of the molecule is O=C(N[C@@H](CO)C(=O)O)c1ccc(Cl)c(C(=O)NCC23CC4CC(CC(C4)C2)C3)c1. The molecule has 0 spiro atoms. The van der Waals surface area contributed by atoms with Gasteiger partial charge in [0, 0.05) is 12.1 Å². The lowest BCUT2D eigenvalue weighted by Gasteiger charge is -2.56. The summed E-state index contributed by atoms with van der Waals surface area (Å²) in [5, 5.41) is 23.6. The van der Waals surface area contributed by atoms with Crippen LogP contribution in [0.2, 0.25) is 5.02 Å². The van der Waals surface area contributed by atoms with E-state index in [-0.39, 0.29) is 27.5 Å². The Balaban J connectivity index is 1.43. The van der Waals surface area contributed by atoms with E-state index in [1.54, 1.807) is 0 Å². The second-order valence-corrected chi connectivity index (χ2v) is 9.75. The second kappa shape index (κ2) is 8.19. The quantitative estimate of drug-likeness (QED) is 0.526. The average Bonchev–Trinajstić information content (AvgIpc) is 2.69. The molecule has 1 aromatic carbocycles. The molecule has 4 saturated carbocycles. The molecule has 4 fully saturated rings. The summed E-state index contributed by atoms with van der Waals surface area (Å²) in [4.78, 5) is 36.2. The molecule has 4 bridgehead atoms. The fraction of sp³-hybridized carbons (Fsp3) is 0.591. The van der Waals surface area contributed by atoms with E-state index in [1.165, 1.54) is 56.7 Å². The highest BCUT2D eigenvalue weighted by Gasteiger charge is 2.50. The number of carboxylic acid groups (broad SMARTS) is 1. The van der Waals surface area contributed by atoms with Gasteiger partial charge in [-0.1, -0.05) is 11.6 Å². The molecule has 5 rings (SSSR count). The molecule has 4 aliphatic rings. The summed E-state index contributed by atoms with van der Waals surface area (Å²) in [6, 6.07) is 2.82. The van der Waals surface area contributed by atoms with Gasteiger partial charge in [0.05, 0.1) is 17.2 Å². The standard InChI is InChI=1S/C22H27ClN2O5/c23-17-2-1-15(19(27)25-18(10-26)21(29)30)6-16(17)20(28)24-11-22-7-12-3-13(8-22)5-14(4-12)9-22/h1-2,6,12-14,18,26H,3-5,7-11H2,(H,24,28)(H,25,27)(H,29,30)/t12?,13?,14?,18-,22?/m0/s1. The Hall–Kier alpha value is -2.12. The number of amides is 2. The van der Waals surface area contributed by atoms with Crippen molar-refractivity contribution in [3.8, 4) is 0 Å². The number of carboxylic acids is 1. The van der Waals surface area contributed by atoms with Crippen LogP contribution >= 0.6 is 11.6 Å². The van der Waals surface area contributed by atoms with E-state index < -0.39 is 24.5 Å². The molecular weight excluding hydrogens is 408 g/mol. The van der Waals surface area contributed by atoms with Gasteiger partial charge in [0.25, 0.3) is 11.8 Å². The molecule has 4 N–H and O–H groups in total. The zero-order valence-corrected chi connectivity index (χ0v) is 17.5. The molecule has 0 aromatic heterocycles. The van der Waals surface area contributed by atoms with Gasteiger partial charge in [0.15, 0.2) is 6.04 Å². The van der Waals surface area contributed by atoms with E-state index in [9.17, 15) is 14.4 Å². The lowest BCUT2D eigenvalue weighted by Crippen LogP contribution is -2.51. The smallest absolute Gasteiger partial charge is 0.328 e. The summed E-state index contributed by atoms with van der Waals surface area (Å²) in [5.74, 6) is 0.00588. The maximum atomic E-state index is 12.9. The second-order valence-electron chi connectivity index (χ2n) is 9.34. The van der Waals surface area contributed by atoms with Crippen molar-refractivity contribution < 1.29 is 24.6 Å². The molecule has 0 heterocycles. The minimum atomic E-state index is -1.42. The molecule has 0 radical (unpaired) electrons. The minimum absolute atomic E-state index is 0.110. The number of carbonyl (C=O) groups excluding carboxylic acids is 2. The number of benzene rings is 1. The average molecular weight is 435 g/mol. The van der Waals surface area contributed by atoms with Gasteiger partial charge in [0.2, 0.25) is 0 Å². The largest absolute Gasteiger partial charge is 0.480 e. The molecule has 1 atom stereocenters. The number of hydrogen-bond donors (Lipinski definition) is 4. The predicted octanol–water partition coefficient (Wildman–Crippen LogP) is 2.46. The number of hydrogen-bond acceptors (Lipinski definition) is 4. The first kappa shape index (κ1) is 21.1. The van der Waals surface area contributed by atoms with Crippen LogP contribution in [0.3, 0.4) is 0 Å². The van der Waals surface area contributed by atoms with Crippen LogP contribution in [0.4, 0.5) is 0 Å².